The lowest BCUT2D eigenvalue weighted by Crippen LogP contribution is -2.12. The Morgan fingerprint density at radius 1 is 0.955 bits per heavy atom. The molecule has 0 unspecified atom stereocenters. The van der Waals surface area contributed by atoms with Crippen LogP contribution in [0.25, 0.3) is 16.7 Å². The lowest BCUT2D eigenvalue weighted by molar-refractivity contribution is 0.0966. The van der Waals surface area contributed by atoms with E-state index >= 15 is 0 Å². The van der Waals surface area contributed by atoms with Crippen molar-refractivity contribution in [2.45, 2.75) is 6.54 Å². The molecule has 0 saturated carbocycles. The summed E-state index contributed by atoms with van der Waals surface area (Å²) >= 11 is 0. The van der Waals surface area contributed by atoms with Crippen molar-refractivity contribution < 1.29 is 9.18 Å². The van der Waals surface area contributed by atoms with Gasteiger partial charge >= 0.3 is 0 Å². The third-order valence-corrected chi connectivity index (χ3v) is 4.24. The summed E-state index contributed by atoms with van der Waals surface area (Å²) in [7, 11) is 0. The summed E-state index contributed by atoms with van der Waals surface area (Å²) in [6.07, 6.45) is 2.17. The van der Waals surface area contributed by atoms with Crippen molar-refractivity contribution in [3.05, 3.63) is 65.0 Å². The second kappa shape index (κ2) is 5.07. The molecule has 2 aliphatic rings. The first-order valence-electron chi connectivity index (χ1n) is 7.33. The van der Waals surface area contributed by atoms with Gasteiger partial charge in [-0.15, -0.1) is 0 Å². The van der Waals surface area contributed by atoms with Gasteiger partial charge in [0.05, 0.1) is 0 Å². The van der Waals surface area contributed by atoms with Crippen LogP contribution >= 0.6 is 0 Å². The molecule has 4 heteroatoms. The van der Waals surface area contributed by atoms with Crippen LogP contribution in [0.4, 0.5) is 4.39 Å². The fraction of sp³-hybridized carbons (Fsp3) is 0.167. The molecule has 3 nitrogen and oxygen atoms in total. The monoisotopic (exact) mass is 294 g/mol. The summed E-state index contributed by atoms with van der Waals surface area (Å²) in [6, 6.07) is 10.4. The minimum atomic E-state index is -0.258. The van der Waals surface area contributed by atoms with Crippen molar-refractivity contribution in [2.75, 3.05) is 13.1 Å². The normalized spacial score (nSPS) is 16.4. The number of benzene rings is 2. The summed E-state index contributed by atoms with van der Waals surface area (Å²) in [5, 5.41) is 6.16. The maximum atomic E-state index is 13.2. The molecule has 2 heterocycles. The molecule has 4 rings (SSSR count). The summed E-state index contributed by atoms with van der Waals surface area (Å²) in [4.78, 5) is 11.9. The molecule has 0 fully saturated rings. The highest BCUT2D eigenvalue weighted by Crippen LogP contribution is 2.34. The molecule has 1 amide bonds. The van der Waals surface area contributed by atoms with Crippen LogP contribution < -0.4 is 10.6 Å². The van der Waals surface area contributed by atoms with Gasteiger partial charge in [-0.1, -0.05) is 18.2 Å². The predicted molar refractivity (Wildman–Crippen MR) is 83.9 cm³/mol. The van der Waals surface area contributed by atoms with Gasteiger partial charge in [0, 0.05) is 25.2 Å². The molecule has 2 aromatic rings. The lowest BCUT2D eigenvalue weighted by atomic mass is 9.91. The van der Waals surface area contributed by atoms with Crippen molar-refractivity contribution in [3.8, 4) is 11.1 Å². The van der Waals surface area contributed by atoms with Crippen molar-refractivity contribution in [1.82, 2.24) is 10.6 Å². The largest absolute Gasteiger partial charge is 0.348 e. The zero-order valence-corrected chi connectivity index (χ0v) is 11.9. The molecule has 0 radical (unpaired) electrons. The smallest absolute Gasteiger partial charge is 0.251 e. The van der Waals surface area contributed by atoms with Crippen LogP contribution in [0.5, 0.6) is 0 Å². The molecule has 2 aliphatic heterocycles. The minimum Gasteiger partial charge on any atom is -0.348 e. The lowest BCUT2D eigenvalue weighted by Gasteiger charge is -2.13. The molecule has 2 N–H and O–H groups in total. The van der Waals surface area contributed by atoms with Gasteiger partial charge in [-0.3, -0.25) is 4.79 Å². The number of hydrogen-bond donors (Lipinski definition) is 2. The number of rotatable bonds is 2. The number of fused-ring (bicyclic) bond motifs is 1. The Bertz CT molecular complexity index is 793. The molecule has 22 heavy (non-hydrogen) atoms. The molecule has 0 aromatic heterocycles. The topological polar surface area (TPSA) is 41.1 Å². The Kier molecular flexibility index (Phi) is 3.05. The molecule has 2 aromatic carbocycles. The Labute approximate surface area is 127 Å². The number of halogens is 1. The Morgan fingerprint density at radius 2 is 1.77 bits per heavy atom. The summed E-state index contributed by atoms with van der Waals surface area (Å²) in [5.41, 5.74) is 5.99. The molecular formula is C18H15FN2O. The first-order valence-corrected chi connectivity index (χ1v) is 7.33. The van der Waals surface area contributed by atoms with E-state index < -0.39 is 0 Å². The first-order chi connectivity index (χ1) is 10.7. The van der Waals surface area contributed by atoms with Crippen molar-refractivity contribution in [2.24, 2.45) is 0 Å². The third-order valence-electron chi connectivity index (χ3n) is 4.24. The molecule has 0 bridgehead atoms. The number of hydrogen-bond acceptors (Lipinski definition) is 2. The van der Waals surface area contributed by atoms with Gasteiger partial charge in [-0.05, 0) is 52.1 Å². The van der Waals surface area contributed by atoms with Crippen LogP contribution in [0, 0.1) is 5.82 Å². The highest BCUT2D eigenvalue weighted by atomic mass is 19.1. The van der Waals surface area contributed by atoms with E-state index in [4.69, 9.17) is 0 Å². The summed E-state index contributed by atoms with van der Waals surface area (Å²) < 4.78 is 13.2. The van der Waals surface area contributed by atoms with Gasteiger partial charge < -0.3 is 10.6 Å². The number of carbonyl (C=O) groups excluding carboxylic acids is 1. The second-order valence-electron chi connectivity index (χ2n) is 5.60. The van der Waals surface area contributed by atoms with Crippen LogP contribution in [-0.2, 0) is 6.54 Å². The van der Waals surface area contributed by atoms with Crippen LogP contribution in [0.1, 0.15) is 21.5 Å². The van der Waals surface area contributed by atoms with E-state index in [0.29, 0.717) is 6.54 Å². The highest BCUT2D eigenvalue weighted by Gasteiger charge is 2.23. The van der Waals surface area contributed by atoms with E-state index in [2.05, 4.69) is 22.8 Å². The Morgan fingerprint density at radius 3 is 2.50 bits per heavy atom. The molecule has 0 spiro atoms. The van der Waals surface area contributed by atoms with Crippen LogP contribution in [0.2, 0.25) is 0 Å². The average Bonchev–Trinajstić information content (AvgIpc) is 3.17. The highest BCUT2D eigenvalue weighted by molar-refractivity contribution is 6.01. The standard InChI is InChI=1S/C18H15FN2O/c19-14-3-1-11(2-4-14)16-8-17-13(10-21-18(17)22)7-15(16)12-5-6-20-9-12/h1-5,7-8,20H,6,9-10H2,(H,21,22). The van der Waals surface area contributed by atoms with Crippen molar-refractivity contribution >= 4 is 11.5 Å². The van der Waals surface area contributed by atoms with E-state index in [-0.39, 0.29) is 11.7 Å². The van der Waals surface area contributed by atoms with Crippen molar-refractivity contribution in [1.29, 1.82) is 0 Å². The zero-order chi connectivity index (χ0) is 15.1. The molecular weight excluding hydrogens is 279 g/mol. The number of amides is 1. The maximum Gasteiger partial charge on any atom is 0.251 e. The van der Waals surface area contributed by atoms with Gasteiger partial charge in [-0.25, -0.2) is 4.39 Å². The predicted octanol–water partition coefficient (Wildman–Crippen LogP) is 2.72. The maximum absolute atomic E-state index is 13.2. The molecule has 0 saturated heterocycles. The zero-order valence-electron chi connectivity index (χ0n) is 11.9. The van der Waals surface area contributed by atoms with Crippen molar-refractivity contribution in [3.63, 3.8) is 0 Å². The van der Waals surface area contributed by atoms with Crippen LogP contribution in [-0.4, -0.2) is 19.0 Å². The van der Waals surface area contributed by atoms with Gasteiger partial charge in [0.2, 0.25) is 0 Å². The van der Waals surface area contributed by atoms with Crippen LogP contribution in [0.15, 0.2) is 42.5 Å². The quantitative estimate of drug-likeness (QED) is 0.894. The molecule has 0 atom stereocenters. The first kappa shape index (κ1) is 13.2. The fourth-order valence-electron chi connectivity index (χ4n) is 3.09. The Balaban J connectivity index is 1.92. The average molecular weight is 294 g/mol. The molecule has 110 valence electrons. The van der Waals surface area contributed by atoms with E-state index in [1.807, 2.05) is 6.07 Å². The van der Waals surface area contributed by atoms with Crippen LogP contribution in [0.3, 0.4) is 0 Å². The minimum absolute atomic E-state index is 0.0385. The molecule has 0 aliphatic carbocycles. The Hall–Kier alpha value is -2.46. The third kappa shape index (κ3) is 2.12. The van der Waals surface area contributed by atoms with E-state index in [1.165, 1.54) is 17.7 Å². The SMILES string of the molecule is O=C1NCc2cc(C3=CCNC3)c(-c3ccc(F)cc3)cc21. The van der Waals surface area contributed by atoms with E-state index in [1.54, 1.807) is 12.1 Å². The second-order valence-corrected chi connectivity index (χ2v) is 5.60. The van der Waals surface area contributed by atoms with Gasteiger partial charge in [0.25, 0.3) is 5.91 Å². The fourth-order valence-corrected chi connectivity index (χ4v) is 3.09. The number of carbonyl (C=O) groups is 1. The number of nitrogens with one attached hydrogen (secondary N) is 2. The van der Waals surface area contributed by atoms with Gasteiger partial charge in [0.15, 0.2) is 0 Å². The van der Waals surface area contributed by atoms with Gasteiger partial charge in [0.1, 0.15) is 5.82 Å². The summed E-state index contributed by atoms with van der Waals surface area (Å²) in [6.45, 7) is 2.24. The van der Waals surface area contributed by atoms with Gasteiger partial charge in [-0.2, -0.15) is 0 Å². The van der Waals surface area contributed by atoms with E-state index in [0.717, 1.165) is 40.9 Å². The van der Waals surface area contributed by atoms with E-state index in [9.17, 15) is 9.18 Å². The summed E-state index contributed by atoms with van der Waals surface area (Å²) in [5.74, 6) is -0.297.